The van der Waals surface area contributed by atoms with Gasteiger partial charge in [-0.3, -0.25) is 16.3 Å². The van der Waals surface area contributed by atoms with Crippen molar-refractivity contribution >= 4 is 50.1 Å². The fraction of sp³-hybridized carbons (Fsp3) is 0.154. The van der Waals surface area contributed by atoms with E-state index in [4.69, 9.17) is 17.4 Å². The molecule has 100 valence electrons. The van der Waals surface area contributed by atoms with Crippen molar-refractivity contribution in [3.63, 3.8) is 0 Å². The zero-order valence-electron chi connectivity index (χ0n) is 9.91. The highest BCUT2D eigenvalue weighted by Crippen LogP contribution is 2.24. The summed E-state index contributed by atoms with van der Waals surface area (Å²) < 4.78 is 1.99. The lowest BCUT2D eigenvalue weighted by Crippen LogP contribution is -2.29. The number of nitrogens with two attached hydrogens (primary N) is 1. The molecule has 0 saturated carbocycles. The summed E-state index contributed by atoms with van der Waals surface area (Å²) in [5.74, 6) is 5.64. The number of pyridine rings is 1. The molecule has 1 heterocycles. The molecule has 0 bridgehead atoms. The van der Waals surface area contributed by atoms with Crippen LogP contribution in [0, 0.1) is 3.57 Å². The summed E-state index contributed by atoms with van der Waals surface area (Å²) in [4.78, 5) is 4.35. The quantitative estimate of drug-likeness (QED) is 0.421. The average Bonchev–Trinajstić information content (AvgIpc) is 2.41. The fourth-order valence-electron chi connectivity index (χ4n) is 1.74. The van der Waals surface area contributed by atoms with Crippen molar-refractivity contribution in [3.8, 4) is 0 Å². The van der Waals surface area contributed by atoms with Crippen molar-refractivity contribution < 1.29 is 0 Å². The molecule has 6 heteroatoms. The molecule has 1 atom stereocenters. The molecule has 0 saturated heterocycles. The first-order valence-corrected chi connectivity index (χ1v) is 7.86. The lowest BCUT2D eigenvalue weighted by Gasteiger charge is -2.16. The van der Waals surface area contributed by atoms with E-state index in [1.165, 1.54) is 0 Å². The Morgan fingerprint density at radius 1 is 1.37 bits per heavy atom. The van der Waals surface area contributed by atoms with Crippen LogP contribution in [0.2, 0.25) is 5.02 Å². The first kappa shape index (κ1) is 15.2. The summed E-state index contributed by atoms with van der Waals surface area (Å²) >= 11 is 11.7. The molecule has 2 rings (SSSR count). The van der Waals surface area contributed by atoms with Crippen molar-refractivity contribution in [2.75, 3.05) is 0 Å². The molecule has 0 radical (unpaired) electrons. The molecule has 1 aromatic carbocycles. The van der Waals surface area contributed by atoms with Gasteiger partial charge in [0.1, 0.15) is 0 Å². The summed E-state index contributed by atoms with van der Waals surface area (Å²) in [6.45, 7) is 0. The van der Waals surface area contributed by atoms with Crippen LogP contribution in [0.1, 0.15) is 17.3 Å². The maximum Gasteiger partial charge on any atom is 0.0542 e. The number of hydrazine groups is 1. The van der Waals surface area contributed by atoms with Gasteiger partial charge < -0.3 is 0 Å². The Morgan fingerprint density at radius 3 is 2.74 bits per heavy atom. The third-order valence-electron chi connectivity index (χ3n) is 2.75. The Kier molecular flexibility index (Phi) is 5.58. The molecule has 0 amide bonds. The first-order valence-electron chi connectivity index (χ1n) is 5.61. The van der Waals surface area contributed by atoms with Crippen LogP contribution in [0.4, 0.5) is 0 Å². The summed E-state index contributed by atoms with van der Waals surface area (Å²) in [6.07, 6.45) is 2.49. The van der Waals surface area contributed by atoms with Crippen molar-refractivity contribution in [3.05, 3.63) is 60.9 Å². The minimum atomic E-state index is -0.0109. The van der Waals surface area contributed by atoms with Crippen LogP contribution in [0.3, 0.4) is 0 Å². The zero-order valence-corrected chi connectivity index (χ0v) is 14.4. The number of aromatic nitrogens is 1. The van der Waals surface area contributed by atoms with Gasteiger partial charge in [-0.25, -0.2) is 0 Å². The van der Waals surface area contributed by atoms with E-state index in [2.05, 4.69) is 48.9 Å². The lowest BCUT2D eigenvalue weighted by atomic mass is 10.0. The Hall–Kier alpha value is -0.210. The zero-order chi connectivity index (χ0) is 13.8. The summed E-state index contributed by atoms with van der Waals surface area (Å²) in [5.41, 5.74) is 4.84. The topological polar surface area (TPSA) is 50.9 Å². The van der Waals surface area contributed by atoms with Crippen molar-refractivity contribution in [2.45, 2.75) is 12.5 Å². The highest BCUT2D eigenvalue weighted by atomic mass is 127. The molecular weight excluding hydrogens is 440 g/mol. The molecule has 3 N–H and O–H groups in total. The molecule has 2 aromatic rings. The van der Waals surface area contributed by atoms with Gasteiger partial charge in [0.05, 0.1) is 11.1 Å². The molecule has 1 unspecified atom stereocenters. The van der Waals surface area contributed by atoms with Crippen molar-refractivity contribution in [1.82, 2.24) is 10.4 Å². The van der Waals surface area contributed by atoms with Gasteiger partial charge in [-0.05, 0) is 68.3 Å². The normalized spacial score (nSPS) is 12.4. The van der Waals surface area contributed by atoms with Gasteiger partial charge in [0.2, 0.25) is 0 Å². The van der Waals surface area contributed by atoms with Crippen LogP contribution in [-0.4, -0.2) is 4.98 Å². The number of nitrogens with one attached hydrogen (secondary N) is 1. The number of halogens is 3. The van der Waals surface area contributed by atoms with Crippen LogP contribution < -0.4 is 11.3 Å². The minimum absolute atomic E-state index is 0.0109. The third-order valence-corrected chi connectivity index (χ3v) is 4.79. The van der Waals surface area contributed by atoms with E-state index in [1.807, 2.05) is 30.3 Å². The number of benzene rings is 1. The van der Waals surface area contributed by atoms with Gasteiger partial charge in [-0.15, -0.1) is 0 Å². The van der Waals surface area contributed by atoms with Gasteiger partial charge in [0.25, 0.3) is 0 Å². The molecule has 19 heavy (non-hydrogen) atoms. The van der Waals surface area contributed by atoms with E-state index in [1.54, 1.807) is 6.20 Å². The minimum Gasteiger partial charge on any atom is -0.271 e. The number of nitrogens with zero attached hydrogens (tertiary/aromatic N) is 1. The lowest BCUT2D eigenvalue weighted by molar-refractivity contribution is 0.546. The smallest absolute Gasteiger partial charge is 0.0542 e. The summed E-state index contributed by atoms with van der Waals surface area (Å²) in [7, 11) is 0. The predicted molar refractivity (Wildman–Crippen MR) is 89.9 cm³/mol. The highest BCUT2D eigenvalue weighted by molar-refractivity contribution is 14.1. The Balaban J connectivity index is 2.19. The van der Waals surface area contributed by atoms with E-state index in [9.17, 15) is 0 Å². The van der Waals surface area contributed by atoms with E-state index >= 15 is 0 Å². The van der Waals surface area contributed by atoms with Crippen molar-refractivity contribution in [2.24, 2.45) is 5.84 Å². The molecule has 0 aliphatic rings. The van der Waals surface area contributed by atoms with Crippen LogP contribution in [-0.2, 0) is 6.42 Å². The Bertz CT molecular complexity index is 562. The molecule has 0 aliphatic heterocycles. The number of hydrogen-bond acceptors (Lipinski definition) is 3. The van der Waals surface area contributed by atoms with Crippen LogP contribution in [0.5, 0.6) is 0 Å². The summed E-state index contributed by atoms with van der Waals surface area (Å²) in [6, 6.07) is 9.88. The monoisotopic (exact) mass is 451 g/mol. The van der Waals surface area contributed by atoms with Gasteiger partial charge >= 0.3 is 0 Å². The fourth-order valence-corrected chi connectivity index (χ4v) is 2.50. The largest absolute Gasteiger partial charge is 0.271 e. The second-order valence-corrected chi connectivity index (χ2v) is 6.55. The van der Waals surface area contributed by atoms with Crippen LogP contribution >= 0.6 is 50.1 Å². The average molecular weight is 453 g/mol. The SMILES string of the molecule is NNC(Cc1ccc(Br)cn1)c1ccc(I)c(Cl)c1. The Labute approximate surface area is 139 Å². The van der Waals surface area contributed by atoms with E-state index in [0.29, 0.717) is 6.42 Å². The second-order valence-electron chi connectivity index (χ2n) is 4.06. The molecule has 0 aliphatic carbocycles. The molecule has 1 aromatic heterocycles. The van der Waals surface area contributed by atoms with Crippen LogP contribution in [0.25, 0.3) is 0 Å². The van der Waals surface area contributed by atoms with Gasteiger partial charge in [-0.1, -0.05) is 17.7 Å². The van der Waals surface area contributed by atoms with E-state index in [0.717, 1.165) is 24.3 Å². The van der Waals surface area contributed by atoms with Gasteiger partial charge in [0.15, 0.2) is 0 Å². The second kappa shape index (κ2) is 6.99. The van der Waals surface area contributed by atoms with E-state index in [-0.39, 0.29) is 6.04 Å². The predicted octanol–water partition coefficient (Wildman–Crippen LogP) is 3.85. The molecule has 0 spiro atoms. The highest BCUT2D eigenvalue weighted by Gasteiger charge is 2.12. The molecule has 0 fully saturated rings. The first-order chi connectivity index (χ1) is 9.10. The third kappa shape index (κ3) is 4.13. The number of hydrogen-bond donors (Lipinski definition) is 2. The summed E-state index contributed by atoms with van der Waals surface area (Å²) in [5, 5.41) is 0.738. The molecular formula is C13H12BrClIN3. The Morgan fingerprint density at radius 2 is 2.16 bits per heavy atom. The van der Waals surface area contributed by atoms with Gasteiger partial charge in [0, 0.05) is 26.4 Å². The van der Waals surface area contributed by atoms with Crippen molar-refractivity contribution in [1.29, 1.82) is 0 Å². The van der Waals surface area contributed by atoms with Crippen LogP contribution in [0.15, 0.2) is 41.0 Å². The van der Waals surface area contributed by atoms with E-state index < -0.39 is 0 Å². The van der Waals surface area contributed by atoms with Gasteiger partial charge in [-0.2, -0.15) is 0 Å². The standard InChI is InChI=1S/C13H12BrClIN3/c14-9-2-3-10(18-7-9)6-13(19-17)8-1-4-12(16)11(15)5-8/h1-5,7,13,19H,6,17H2. The molecule has 3 nitrogen and oxygen atoms in total. The number of rotatable bonds is 4. The maximum absolute atomic E-state index is 6.14. The maximum atomic E-state index is 6.14.